The van der Waals surface area contributed by atoms with Gasteiger partial charge in [-0.1, -0.05) is 12.1 Å². The Morgan fingerprint density at radius 2 is 2.20 bits per heavy atom. The fourth-order valence-electron chi connectivity index (χ4n) is 1.20. The standard InChI is InChI=1S/C10H8BrN3O/c1-15-8-4-2-3-7(5-8)9-6-12-14-10(11)13-9/h2-6H,1H3. The van der Waals surface area contributed by atoms with Gasteiger partial charge in [-0.2, -0.15) is 5.10 Å². The van der Waals surface area contributed by atoms with Crippen LogP contribution in [0.15, 0.2) is 35.2 Å². The molecule has 4 nitrogen and oxygen atoms in total. The highest BCUT2D eigenvalue weighted by Crippen LogP contribution is 2.21. The van der Waals surface area contributed by atoms with Crippen LogP contribution in [0.1, 0.15) is 0 Å². The monoisotopic (exact) mass is 265 g/mol. The summed E-state index contributed by atoms with van der Waals surface area (Å²) in [6, 6.07) is 7.63. The molecule has 76 valence electrons. The lowest BCUT2D eigenvalue weighted by Gasteiger charge is -2.03. The van der Waals surface area contributed by atoms with E-state index in [1.54, 1.807) is 13.3 Å². The van der Waals surface area contributed by atoms with Gasteiger partial charge in [-0.05, 0) is 28.1 Å². The molecular formula is C10H8BrN3O. The summed E-state index contributed by atoms with van der Waals surface area (Å²) in [6.45, 7) is 0. The molecule has 0 saturated heterocycles. The molecule has 0 N–H and O–H groups in total. The van der Waals surface area contributed by atoms with Crippen molar-refractivity contribution < 1.29 is 4.74 Å². The van der Waals surface area contributed by atoms with Crippen LogP contribution in [0, 0.1) is 0 Å². The first-order chi connectivity index (χ1) is 7.29. The second-order valence-electron chi connectivity index (χ2n) is 2.84. The zero-order chi connectivity index (χ0) is 10.7. The summed E-state index contributed by atoms with van der Waals surface area (Å²) in [5.74, 6) is 0.794. The lowest BCUT2D eigenvalue weighted by molar-refractivity contribution is 0.415. The van der Waals surface area contributed by atoms with Gasteiger partial charge in [-0.25, -0.2) is 4.98 Å². The first-order valence-electron chi connectivity index (χ1n) is 4.29. The summed E-state index contributed by atoms with van der Waals surface area (Å²) in [4.78, 5) is 4.21. The second-order valence-corrected chi connectivity index (χ2v) is 3.55. The van der Waals surface area contributed by atoms with E-state index in [0.717, 1.165) is 17.0 Å². The van der Waals surface area contributed by atoms with Crippen molar-refractivity contribution >= 4 is 15.9 Å². The van der Waals surface area contributed by atoms with E-state index in [1.165, 1.54) is 0 Å². The largest absolute Gasteiger partial charge is 0.497 e. The van der Waals surface area contributed by atoms with E-state index in [1.807, 2.05) is 24.3 Å². The molecule has 0 saturated carbocycles. The number of halogens is 1. The summed E-state index contributed by atoms with van der Waals surface area (Å²) in [5, 5.41) is 7.55. The number of rotatable bonds is 2. The number of benzene rings is 1. The highest BCUT2D eigenvalue weighted by Gasteiger charge is 2.02. The van der Waals surface area contributed by atoms with Crippen LogP contribution in [0.4, 0.5) is 0 Å². The molecular weight excluding hydrogens is 258 g/mol. The van der Waals surface area contributed by atoms with Crippen molar-refractivity contribution in [2.45, 2.75) is 0 Å². The van der Waals surface area contributed by atoms with Gasteiger partial charge < -0.3 is 4.74 Å². The Hall–Kier alpha value is -1.49. The van der Waals surface area contributed by atoms with Crippen LogP contribution in [0.5, 0.6) is 5.75 Å². The molecule has 1 aromatic heterocycles. The van der Waals surface area contributed by atoms with Crippen LogP contribution in [0.25, 0.3) is 11.3 Å². The van der Waals surface area contributed by atoms with Crippen LogP contribution in [-0.4, -0.2) is 22.3 Å². The number of methoxy groups -OCH3 is 1. The van der Waals surface area contributed by atoms with Gasteiger partial charge in [0.15, 0.2) is 0 Å². The molecule has 0 amide bonds. The molecule has 2 rings (SSSR count). The minimum atomic E-state index is 0.475. The first kappa shape index (κ1) is 10.0. The van der Waals surface area contributed by atoms with Crippen molar-refractivity contribution in [3.8, 4) is 17.0 Å². The van der Waals surface area contributed by atoms with Crippen molar-refractivity contribution in [3.05, 3.63) is 35.2 Å². The maximum atomic E-state index is 5.13. The van der Waals surface area contributed by atoms with Gasteiger partial charge >= 0.3 is 0 Å². The fourth-order valence-corrected chi connectivity index (χ4v) is 1.49. The molecule has 0 atom stereocenters. The van der Waals surface area contributed by atoms with Gasteiger partial charge in [0, 0.05) is 5.56 Å². The van der Waals surface area contributed by atoms with E-state index in [-0.39, 0.29) is 0 Å². The summed E-state index contributed by atoms with van der Waals surface area (Å²) < 4.78 is 5.61. The number of hydrogen-bond donors (Lipinski definition) is 0. The Bertz CT molecular complexity index is 476. The lowest BCUT2D eigenvalue weighted by atomic mass is 10.1. The zero-order valence-electron chi connectivity index (χ0n) is 8.01. The summed E-state index contributed by atoms with van der Waals surface area (Å²) in [7, 11) is 1.63. The molecule has 0 bridgehead atoms. The molecule has 0 unspecified atom stereocenters. The molecule has 1 aromatic carbocycles. The zero-order valence-corrected chi connectivity index (χ0v) is 9.60. The van der Waals surface area contributed by atoms with Gasteiger partial charge in [-0.15, -0.1) is 5.10 Å². The van der Waals surface area contributed by atoms with Gasteiger partial charge in [0.2, 0.25) is 4.73 Å². The van der Waals surface area contributed by atoms with E-state index < -0.39 is 0 Å². The van der Waals surface area contributed by atoms with Crippen LogP contribution in [0.2, 0.25) is 0 Å². The van der Waals surface area contributed by atoms with Crippen molar-refractivity contribution in [1.29, 1.82) is 0 Å². The topological polar surface area (TPSA) is 47.9 Å². The van der Waals surface area contributed by atoms with E-state index in [4.69, 9.17) is 4.74 Å². The van der Waals surface area contributed by atoms with Crippen LogP contribution < -0.4 is 4.74 Å². The van der Waals surface area contributed by atoms with E-state index >= 15 is 0 Å². The predicted molar refractivity (Wildman–Crippen MR) is 59.5 cm³/mol. The van der Waals surface area contributed by atoms with Gasteiger partial charge in [-0.3, -0.25) is 0 Å². The molecule has 0 aliphatic heterocycles. The average Bonchev–Trinajstić information content (AvgIpc) is 2.29. The van der Waals surface area contributed by atoms with Crippen LogP contribution in [0.3, 0.4) is 0 Å². The number of ether oxygens (including phenoxy) is 1. The predicted octanol–water partition coefficient (Wildman–Crippen LogP) is 2.31. The van der Waals surface area contributed by atoms with Gasteiger partial charge in [0.25, 0.3) is 0 Å². The summed E-state index contributed by atoms with van der Waals surface area (Å²) >= 11 is 3.18. The number of hydrogen-bond acceptors (Lipinski definition) is 4. The highest BCUT2D eigenvalue weighted by atomic mass is 79.9. The third-order valence-electron chi connectivity index (χ3n) is 1.90. The Kier molecular flexibility index (Phi) is 2.91. The molecule has 15 heavy (non-hydrogen) atoms. The van der Waals surface area contributed by atoms with Crippen molar-refractivity contribution in [3.63, 3.8) is 0 Å². The molecule has 0 spiro atoms. The average molecular weight is 266 g/mol. The maximum absolute atomic E-state index is 5.13. The number of aromatic nitrogens is 3. The third kappa shape index (κ3) is 2.30. The minimum Gasteiger partial charge on any atom is -0.497 e. The molecule has 1 heterocycles. The Morgan fingerprint density at radius 1 is 1.33 bits per heavy atom. The van der Waals surface area contributed by atoms with E-state index in [2.05, 4.69) is 31.1 Å². The first-order valence-corrected chi connectivity index (χ1v) is 5.08. The minimum absolute atomic E-state index is 0.475. The van der Waals surface area contributed by atoms with Crippen molar-refractivity contribution in [1.82, 2.24) is 15.2 Å². The Labute approximate surface area is 95.5 Å². The maximum Gasteiger partial charge on any atom is 0.218 e. The van der Waals surface area contributed by atoms with Crippen molar-refractivity contribution in [2.75, 3.05) is 7.11 Å². The quantitative estimate of drug-likeness (QED) is 0.836. The van der Waals surface area contributed by atoms with Crippen LogP contribution >= 0.6 is 15.9 Å². The summed E-state index contributed by atoms with van der Waals surface area (Å²) in [6.07, 6.45) is 1.61. The van der Waals surface area contributed by atoms with Crippen molar-refractivity contribution in [2.24, 2.45) is 0 Å². The fraction of sp³-hybridized carbons (Fsp3) is 0.100. The van der Waals surface area contributed by atoms with E-state index in [9.17, 15) is 0 Å². The Balaban J connectivity index is 2.44. The summed E-state index contributed by atoms with van der Waals surface area (Å²) in [5.41, 5.74) is 1.71. The molecule has 5 heteroatoms. The molecule has 0 radical (unpaired) electrons. The van der Waals surface area contributed by atoms with Gasteiger partial charge in [0.05, 0.1) is 19.0 Å². The van der Waals surface area contributed by atoms with Crippen LogP contribution in [-0.2, 0) is 0 Å². The third-order valence-corrected chi connectivity index (χ3v) is 2.23. The normalized spacial score (nSPS) is 10.0. The second kappa shape index (κ2) is 4.35. The van der Waals surface area contributed by atoms with E-state index in [0.29, 0.717) is 4.73 Å². The smallest absolute Gasteiger partial charge is 0.218 e. The highest BCUT2D eigenvalue weighted by molar-refractivity contribution is 9.10. The Morgan fingerprint density at radius 3 is 2.93 bits per heavy atom. The van der Waals surface area contributed by atoms with Gasteiger partial charge in [0.1, 0.15) is 5.75 Å². The molecule has 2 aromatic rings. The lowest BCUT2D eigenvalue weighted by Crippen LogP contribution is -1.91. The number of nitrogens with zero attached hydrogens (tertiary/aromatic N) is 3. The molecule has 0 fully saturated rings. The molecule has 0 aliphatic carbocycles. The SMILES string of the molecule is COc1cccc(-c2cnnc(Br)n2)c1. The molecule has 0 aliphatic rings.